The van der Waals surface area contributed by atoms with Crippen molar-refractivity contribution >= 4 is 16.9 Å². The molecule has 2 aromatic carbocycles. The second-order valence-electron chi connectivity index (χ2n) is 6.81. The maximum atomic E-state index is 5.00. The maximum Gasteiger partial charge on any atom is 0.0527 e. The molecule has 0 bridgehead atoms. The zero-order chi connectivity index (χ0) is 15.6. The van der Waals surface area contributed by atoms with Gasteiger partial charge in [0.05, 0.1) is 5.54 Å². The fraction of sp³-hybridized carbons (Fsp3) is 0.286. The van der Waals surface area contributed by atoms with E-state index in [0.717, 1.165) is 12.8 Å². The molecule has 1 aliphatic carbocycles. The van der Waals surface area contributed by atoms with Gasteiger partial charge < -0.3 is 0 Å². The summed E-state index contributed by atoms with van der Waals surface area (Å²) in [5, 5.41) is 0. The van der Waals surface area contributed by atoms with Crippen molar-refractivity contribution in [3.63, 3.8) is 0 Å². The van der Waals surface area contributed by atoms with Crippen LogP contribution >= 0.6 is 0 Å². The van der Waals surface area contributed by atoms with E-state index in [1.807, 2.05) is 0 Å². The summed E-state index contributed by atoms with van der Waals surface area (Å²) in [5.41, 5.74) is 6.57. The molecule has 1 heteroatoms. The predicted octanol–water partition coefficient (Wildman–Crippen LogP) is 5.63. The van der Waals surface area contributed by atoms with Crippen LogP contribution in [0.5, 0.6) is 0 Å². The number of benzene rings is 2. The Morgan fingerprint density at radius 3 is 1.82 bits per heavy atom. The molecule has 0 amide bonds. The van der Waals surface area contributed by atoms with Gasteiger partial charge in [-0.15, -0.1) is 0 Å². The smallest absolute Gasteiger partial charge is 0.0527 e. The molecule has 1 aliphatic rings. The molecule has 0 atom stereocenters. The Hall–Kier alpha value is -2.15. The minimum atomic E-state index is -0.0402. The van der Waals surface area contributed by atoms with Crippen molar-refractivity contribution in [2.45, 2.75) is 39.2 Å². The highest BCUT2D eigenvalue weighted by molar-refractivity contribution is 6.33. The second kappa shape index (κ2) is 5.92. The minimum absolute atomic E-state index is 0.0402. The molecule has 1 nitrogen and oxygen atoms in total. The lowest BCUT2D eigenvalue weighted by molar-refractivity contribution is 0.583. The van der Waals surface area contributed by atoms with Crippen LogP contribution in [0.4, 0.5) is 0 Å². The van der Waals surface area contributed by atoms with Crippen molar-refractivity contribution in [2.75, 3.05) is 0 Å². The Bertz CT molecular complexity index is 701. The maximum absolute atomic E-state index is 5.00. The van der Waals surface area contributed by atoms with E-state index in [1.165, 1.54) is 28.0 Å². The van der Waals surface area contributed by atoms with Crippen LogP contribution in [0.3, 0.4) is 0 Å². The minimum Gasteiger partial charge on any atom is -0.283 e. The van der Waals surface area contributed by atoms with E-state index in [-0.39, 0.29) is 5.54 Å². The van der Waals surface area contributed by atoms with Crippen LogP contribution in [0.2, 0.25) is 0 Å². The molecule has 0 aromatic heterocycles. The molecule has 22 heavy (non-hydrogen) atoms. The number of aliphatic imine (C=N–C) groups is 1. The standard InChI is InChI=1S/C21H23N/c1-21(2,3)22-19-15-14-18(16-10-6-4-7-11-16)20(19)17-12-8-5-9-13-17/h4-13H,14-15H2,1-3H3. The predicted molar refractivity (Wildman–Crippen MR) is 96.1 cm³/mol. The van der Waals surface area contributed by atoms with Gasteiger partial charge >= 0.3 is 0 Å². The highest BCUT2D eigenvalue weighted by atomic mass is 14.8. The van der Waals surface area contributed by atoms with Crippen LogP contribution in [0, 0.1) is 0 Å². The van der Waals surface area contributed by atoms with Gasteiger partial charge in [0.2, 0.25) is 0 Å². The largest absolute Gasteiger partial charge is 0.283 e. The summed E-state index contributed by atoms with van der Waals surface area (Å²) in [6.07, 6.45) is 2.11. The molecule has 0 radical (unpaired) electrons. The first-order chi connectivity index (χ1) is 10.5. The van der Waals surface area contributed by atoms with Gasteiger partial charge in [-0.1, -0.05) is 60.7 Å². The first-order valence-electron chi connectivity index (χ1n) is 7.98. The Morgan fingerprint density at radius 1 is 0.727 bits per heavy atom. The van der Waals surface area contributed by atoms with Crippen LogP contribution in [-0.2, 0) is 0 Å². The van der Waals surface area contributed by atoms with Crippen molar-refractivity contribution in [1.82, 2.24) is 0 Å². The van der Waals surface area contributed by atoms with Gasteiger partial charge in [0.1, 0.15) is 0 Å². The molecule has 0 fully saturated rings. The Morgan fingerprint density at radius 2 is 1.27 bits per heavy atom. The average molecular weight is 289 g/mol. The molecule has 0 spiro atoms. The fourth-order valence-electron chi connectivity index (χ4n) is 3.06. The van der Waals surface area contributed by atoms with E-state index < -0.39 is 0 Å². The Balaban J connectivity index is 2.18. The first kappa shape index (κ1) is 14.8. The van der Waals surface area contributed by atoms with Crippen molar-refractivity contribution in [2.24, 2.45) is 4.99 Å². The lowest BCUT2D eigenvalue weighted by Gasteiger charge is -2.16. The molecule has 112 valence electrons. The number of hydrogen-bond acceptors (Lipinski definition) is 1. The zero-order valence-electron chi connectivity index (χ0n) is 13.6. The highest BCUT2D eigenvalue weighted by Gasteiger charge is 2.25. The van der Waals surface area contributed by atoms with Gasteiger partial charge in [-0.3, -0.25) is 4.99 Å². The Kier molecular flexibility index (Phi) is 3.98. The normalized spacial score (nSPS) is 17.3. The third kappa shape index (κ3) is 3.19. The highest BCUT2D eigenvalue weighted by Crippen LogP contribution is 2.38. The Labute approximate surface area is 133 Å². The summed E-state index contributed by atoms with van der Waals surface area (Å²) < 4.78 is 0. The number of hydrogen-bond donors (Lipinski definition) is 0. The second-order valence-corrected chi connectivity index (χ2v) is 6.81. The summed E-state index contributed by atoms with van der Waals surface area (Å²) in [6.45, 7) is 6.51. The molecule has 0 aliphatic heterocycles. The molecule has 3 rings (SSSR count). The molecule has 0 saturated carbocycles. The lowest BCUT2D eigenvalue weighted by atomic mass is 9.96. The van der Waals surface area contributed by atoms with Crippen molar-refractivity contribution < 1.29 is 0 Å². The molecule has 0 N–H and O–H groups in total. The lowest BCUT2D eigenvalue weighted by Crippen LogP contribution is -2.13. The van der Waals surface area contributed by atoms with E-state index in [4.69, 9.17) is 4.99 Å². The summed E-state index contributed by atoms with van der Waals surface area (Å²) >= 11 is 0. The van der Waals surface area contributed by atoms with E-state index in [1.54, 1.807) is 0 Å². The molecule has 0 saturated heterocycles. The SMILES string of the molecule is CC(C)(C)N=C1CCC(c2ccccc2)=C1c1ccccc1. The van der Waals surface area contributed by atoms with E-state index >= 15 is 0 Å². The molecule has 0 unspecified atom stereocenters. The number of nitrogens with zero attached hydrogens (tertiary/aromatic N) is 1. The molecular weight excluding hydrogens is 266 g/mol. The zero-order valence-corrected chi connectivity index (χ0v) is 13.6. The van der Waals surface area contributed by atoms with Crippen LogP contribution in [0.15, 0.2) is 65.7 Å². The van der Waals surface area contributed by atoms with Gasteiger partial charge in [-0.2, -0.15) is 0 Å². The van der Waals surface area contributed by atoms with Gasteiger partial charge in [0.25, 0.3) is 0 Å². The van der Waals surface area contributed by atoms with Crippen molar-refractivity contribution in [1.29, 1.82) is 0 Å². The quantitative estimate of drug-likeness (QED) is 0.679. The van der Waals surface area contributed by atoms with Gasteiger partial charge in [-0.05, 0) is 50.3 Å². The van der Waals surface area contributed by atoms with E-state index in [9.17, 15) is 0 Å². The number of rotatable bonds is 2. The van der Waals surface area contributed by atoms with E-state index in [0.29, 0.717) is 0 Å². The third-order valence-electron chi connectivity index (χ3n) is 3.86. The molecular formula is C21H23N. The van der Waals surface area contributed by atoms with E-state index in [2.05, 4.69) is 81.4 Å². The van der Waals surface area contributed by atoms with Crippen LogP contribution in [0.1, 0.15) is 44.7 Å². The summed E-state index contributed by atoms with van der Waals surface area (Å²) in [5.74, 6) is 0. The summed E-state index contributed by atoms with van der Waals surface area (Å²) in [7, 11) is 0. The first-order valence-corrected chi connectivity index (χ1v) is 7.98. The van der Waals surface area contributed by atoms with Crippen LogP contribution in [0.25, 0.3) is 11.1 Å². The molecule has 2 aromatic rings. The summed E-state index contributed by atoms with van der Waals surface area (Å²) in [4.78, 5) is 5.00. The van der Waals surface area contributed by atoms with Gasteiger partial charge in [-0.25, -0.2) is 0 Å². The van der Waals surface area contributed by atoms with Gasteiger partial charge in [0, 0.05) is 11.3 Å². The average Bonchev–Trinajstić information content (AvgIpc) is 2.90. The van der Waals surface area contributed by atoms with Gasteiger partial charge in [0.15, 0.2) is 0 Å². The number of allylic oxidation sites excluding steroid dienone is 2. The third-order valence-corrected chi connectivity index (χ3v) is 3.86. The van der Waals surface area contributed by atoms with Crippen molar-refractivity contribution in [3.05, 3.63) is 71.8 Å². The van der Waals surface area contributed by atoms with Crippen LogP contribution in [-0.4, -0.2) is 11.3 Å². The van der Waals surface area contributed by atoms with Crippen LogP contribution < -0.4 is 0 Å². The fourth-order valence-corrected chi connectivity index (χ4v) is 3.06. The molecule has 0 heterocycles. The van der Waals surface area contributed by atoms with Crippen molar-refractivity contribution in [3.8, 4) is 0 Å². The topological polar surface area (TPSA) is 12.4 Å². The summed E-state index contributed by atoms with van der Waals surface area (Å²) in [6, 6.07) is 21.4. The monoisotopic (exact) mass is 289 g/mol.